The summed E-state index contributed by atoms with van der Waals surface area (Å²) in [5.41, 5.74) is 5.01. The third-order valence-corrected chi connectivity index (χ3v) is 8.08. The predicted octanol–water partition coefficient (Wildman–Crippen LogP) is 6.58. The van der Waals surface area contributed by atoms with E-state index < -0.39 is 11.0 Å². The van der Waals surface area contributed by atoms with E-state index in [2.05, 4.69) is 41.8 Å². The molecule has 1 atom stereocenters. The number of benzene rings is 2. The number of fused-ring (bicyclic) bond motifs is 1. The highest BCUT2D eigenvalue weighted by atomic mass is 32.2. The molecule has 0 saturated carbocycles. The van der Waals surface area contributed by atoms with Crippen LogP contribution in [0.15, 0.2) is 52.4 Å². The van der Waals surface area contributed by atoms with Crippen LogP contribution in [0.3, 0.4) is 0 Å². The molecule has 1 unspecified atom stereocenters. The Morgan fingerprint density at radius 2 is 1.67 bits per heavy atom. The topological polar surface area (TPSA) is 65.0 Å². The van der Waals surface area contributed by atoms with Gasteiger partial charge in [-0.15, -0.1) is 0 Å². The van der Waals surface area contributed by atoms with Gasteiger partial charge in [0.15, 0.2) is 0 Å². The SMILES string of the molecule is CC.CCC(CC)CC(=O)N(CC(=NC)N(C)C)c1ccc2c(c1)CCCC2.CNS(=O)c1cccc(C)c1. The molecule has 39 heavy (non-hydrogen) atoms. The minimum Gasteiger partial charge on any atom is -0.365 e. The van der Waals surface area contributed by atoms with Gasteiger partial charge in [0.05, 0.1) is 11.4 Å². The first kappa shape index (κ1) is 34.5. The van der Waals surface area contributed by atoms with Crippen molar-refractivity contribution in [2.24, 2.45) is 10.9 Å². The zero-order valence-corrected chi connectivity index (χ0v) is 26.7. The third kappa shape index (κ3) is 11.2. The summed E-state index contributed by atoms with van der Waals surface area (Å²) in [4.78, 5) is 22.3. The molecule has 3 rings (SSSR count). The van der Waals surface area contributed by atoms with Crippen LogP contribution in [-0.2, 0) is 28.6 Å². The average Bonchev–Trinajstić information content (AvgIpc) is 2.96. The van der Waals surface area contributed by atoms with Crippen molar-refractivity contribution in [1.29, 1.82) is 0 Å². The molecular weight excluding hydrogens is 504 g/mol. The number of carbonyl (C=O) groups is 1. The van der Waals surface area contributed by atoms with Crippen molar-refractivity contribution in [3.63, 3.8) is 0 Å². The number of amidine groups is 1. The van der Waals surface area contributed by atoms with Gasteiger partial charge >= 0.3 is 0 Å². The number of nitrogens with zero attached hydrogens (tertiary/aromatic N) is 3. The van der Waals surface area contributed by atoms with Crippen LogP contribution in [0, 0.1) is 12.8 Å². The Balaban J connectivity index is 0.000000487. The molecule has 0 saturated heterocycles. The smallest absolute Gasteiger partial charge is 0.227 e. The fourth-order valence-electron chi connectivity index (χ4n) is 4.55. The third-order valence-electron chi connectivity index (χ3n) is 7.03. The van der Waals surface area contributed by atoms with Gasteiger partial charge in [-0.3, -0.25) is 9.79 Å². The van der Waals surface area contributed by atoms with Crippen LogP contribution in [0.4, 0.5) is 5.69 Å². The summed E-state index contributed by atoms with van der Waals surface area (Å²) in [5, 5.41) is 0. The zero-order valence-electron chi connectivity index (χ0n) is 25.8. The standard InChI is InChI=1S/C22H35N3O.C8H11NOS.C2H6/c1-6-17(7-2)14-22(26)25(16-21(23-3)24(4)5)20-13-12-18-10-8-9-11-19(18)15-20;1-7-4-3-5-8(6-7)11(10)9-2;1-2/h12-13,15,17H,6-11,14,16H2,1-5H3;3-6,9H,1-2H3;1-2H3. The van der Waals surface area contributed by atoms with Crippen molar-refractivity contribution in [3.05, 3.63) is 59.2 Å². The highest BCUT2D eigenvalue weighted by Gasteiger charge is 2.22. The van der Waals surface area contributed by atoms with E-state index in [1.165, 1.54) is 24.0 Å². The first-order valence-corrected chi connectivity index (χ1v) is 15.6. The average molecular weight is 557 g/mol. The fraction of sp³-hybridized carbons (Fsp3) is 0.562. The number of likely N-dealkylation sites (N-methyl/N-ethyl adjacent to an activating group) is 1. The highest BCUT2D eigenvalue weighted by molar-refractivity contribution is 7.83. The summed E-state index contributed by atoms with van der Waals surface area (Å²) in [6.07, 6.45) is 7.51. The van der Waals surface area contributed by atoms with E-state index >= 15 is 0 Å². The number of hydrogen-bond acceptors (Lipinski definition) is 3. The molecule has 0 radical (unpaired) electrons. The van der Waals surface area contributed by atoms with Crippen LogP contribution in [0.2, 0.25) is 0 Å². The maximum atomic E-state index is 13.2. The summed E-state index contributed by atoms with van der Waals surface area (Å²) < 4.78 is 13.8. The van der Waals surface area contributed by atoms with E-state index in [-0.39, 0.29) is 5.91 Å². The van der Waals surface area contributed by atoms with Gasteiger partial charge in [0.2, 0.25) is 5.91 Å². The maximum Gasteiger partial charge on any atom is 0.227 e. The molecule has 0 aliphatic heterocycles. The molecule has 2 aromatic carbocycles. The van der Waals surface area contributed by atoms with Crippen molar-refractivity contribution < 1.29 is 9.00 Å². The molecule has 0 fully saturated rings. The van der Waals surface area contributed by atoms with Crippen molar-refractivity contribution in [2.45, 2.75) is 84.5 Å². The first-order chi connectivity index (χ1) is 18.7. The molecule has 1 aliphatic rings. The Hall–Kier alpha value is -2.51. The second-order valence-electron chi connectivity index (χ2n) is 9.85. The molecule has 218 valence electrons. The first-order valence-electron chi connectivity index (χ1n) is 14.4. The number of aryl methyl sites for hydroxylation is 3. The summed E-state index contributed by atoms with van der Waals surface area (Å²) in [6.45, 7) is 10.9. The van der Waals surface area contributed by atoms with Crippen molar-refractivity contribution in [1.82, 2.24) is 9.62 Å². The Labute approximate surface area is 240 Å². The molecule has 1 aliphatic carbocycles. The lowest BCUT2D eigenvalue weighted by Crippen LogP contribution is -2.41. The maximum absolute atomic E-state index is 13.2. The second-order valence-corrected chi connectivity index (χ2v) is 11.3. The lowest BCUT2D eigenvalue weighted by atomic mass is 9.91. The van der Waals surface area contributed by atoms with Gasteiger partial charge in [0.1, 0.15) is 16.8 Å². The summed E-state index contributed by atoms with van der Waals surface area (Å²) in [6, 6.07) is 14.2. The molecule has 7 heteroatoms. The van der Waals surface area contributed by atoms with Crippen LogP contribution in [0.1, 0.15) is 76.5 Å². The fourth-order valence-corrected chi connectivity index (χ4v) is 5.28. The lowest BCUT2D eigenvalue weighted by Gasteiger charge is -2.29. The molecule has 0 aromatic heterocycles. The largest absolute Gasteiger partial charge is 0.365 e. The van der Waals surface area contributed by atoms with Crippen LogP contribution < -0.4 is 9.62 Å². The van der Waals surface area contributed by atoms with Crippen LogP contribution in [0.5, 0.6) is 0 Å². The van der Waals surface area contributed by atoms with Crippen LogP contribution in [0.25, 0.3) is 0 Å². The Morgan fingerprint density at radius 1 is 1.03 bits per heavy atom. The quantitative estimate of drug-likeness (QED) is 0.280. The van der Waals surface area contributed by atoms with E-state index in [1.54, 1.807) is 14.1 Å². The van der Waals surface area contributed by atoms with Gasteiger partial charge in [0.25, 0.3) is 0 Å². The zero-order chi connectivity index (χ0) is 29.4. The van der Waals surface area contributed by atoms with E-state index in [1.807, 2.05) is 68.9 Å². The summed E-state index contributed by atoms with van der Waals surface area (Å²) in [7, 11) is 6.40. The molecule has 1 N–H and O–H groups in total. The molecule has 1 amide bonds. The van der Waals surface area contributed by atoms with Gasteiger partial charge in [-0.2, -0.15) is 0 Å². The number of rotatable bonds is 9. The van der Waals surface area contributed by atoms with E-state index in [4.69, 9.17) is 0 Å². The van der Waals surface area contributed by atoms with Gasteiger partial charge in [-0.05, 0) is 86.5 Å². The number of aliphatic imine (C=N–C) groups is 1. The Morgan fingerprint density at radius 3 is 2.21 bits per heavy atom. The molecular formula is C32H52N4O2S. The molecule has 0 spiro atoms. The van der Waals surface area contributed by atoms with Crippen LogP contribution in [-0.4, -0.2) is 55.6 Å². The highest BCUT2D eigenvalue weighted by Crippen LogP contribution is 2.27. The van der Waals surface area contributed by atoms with Gasteiger partial charge in [-0.1, -0.05) is 58.7 Å². The number of anilines is 1. The van der Waals surface area contributed by atoms with Crippen molar-refractivity contribution >= 4 is 28.4 Å². The lowest BCUT2D eigenvalue weighted by molar-refractivity contribution is -0.119. The number of carbonyl (C=O) groups excluding carboxylic acids is 1. The summed E-state index contributed by atoms with van der Waals surface area (Å²) >= 11 is 0. The monoisotopic (exact) mass is 556 g/mol. The van der Waals surface area contributed by atoms with Gasteiger partial charge in [-0.25, -0.2) is 8.93 Å². The number of nitrogens with one attached hydrogen (secondary N) is 1. The summed E-state index contributed by atoms with van der Waals surface area (Å²) in [5.74, 6) is 1.57. The molecule has 2 aromatic rings. The normalized spacial score (nSPS) is 13.3. The van der Waals surface area contributed by atoms with Crippen molar-refractivity contribution in [2.75, 3.05) is 39.6 Å². The van der Waals surface area contributed by atoms with E-state index in [0.29, 0.717) is 18.9 Å². The second kappa shape index (κ2) is 18.7. The molecule has 0 bridgehead atoms. The molecule has 0 heterocycles. The van der Waals surface area contributed by atoms with Crippen LogP contribution >= 0.6 is 0 Å². The minimum atomic E-state index is -1.05. The van der Waals surface area contributed by atoms with Gasteiger partial charge < -0.3 is 9.80 Å². The Bertz CT molecular complexity index is 1060. The minimum absolute atomic E-state index is 0.206. The molecule has 6 nitrogen and oxygen atoms in total. The van der Waals surface area contributed by atoms with E-state index in [0.717, 1.165) is 47.7 Å². The van der Waals surface area contributed by atoms with Crippen molar-refractivity contribution in [3.8, 4) is 0 Å². The van der Waals surface area contributed by atoms with Gasteiger partial charge in [0, 0.05) is 33.3 Å². The Kier molecular flexibility index (Phi) is 16.6. The number of hydrogen-bond donors (Lipinski definition) is 1. The number of amides is 1. The van der Waals surface area contributed by atoms with E-state index in [9.17, 15) is 9.00 Å². The predicted molar refractivity (Wildman–Crippen MR) is 169 cm³/mol.